The summed E-state index contributed by atoms with van der Waals surface area (Å²) >= 11 is 0. The normalized spacial score (nSPS) is 10.5. The summed E-state index contributed by atoms with van der Waals surface area (Å²) in [5, 5.41) is 19.7. The molecule has 0 amide bonds. The summed E-state index contributed by atoms with van der Waals surface area (Å²) in [7, 11) is 0. The maximum absolute atomic E-state index is 11.1. The van der Waals surface area contributed by atoms with Gasteiger partial charge < -0.3 is 9.84 Å². The molecule has 2 aromatic rings. The van der Waals surface area contributed by atoms with E-state index in [0.717, 1.165) is 11.6 Å². The number of nitrogens with zero attached hydrogens (tertiary/aromatic N) is 1. The van der Waals surface area contributed by atoms with Crippen LogP contribution in [-0.4, -0.2) is 16.0 Å². The van der Waals surface area contributed by atoms with Crippen LogP contribution in [0, 0.1) is 10.1 Å². The van der Waals surface area contributed by atoms with Gasteiger partial charge in [0.2, 0.25) is 0 Å². The van der Waals surface area contributed by atoms with Gasteiger partial charge in [-0.1, -0.05) is 36.4 Å². The first-order chi connectivity index (χ1) is 10.6. The van der Waals surface area contributed by atoms with Crippen molar-refractivity contribution in [2.75, 3.05) is 0 Å². The molecule has 0 aliphatic rings. The van der Waals surface area contributed by atoms with E-state index in [1.165, 1.54) is 18.2 Å². The molecule has 0 spiro atoms. The van der Waals surface area contributed by atoms with Gasteiger partial charge in [-0.25, -0.2) is 4.79 Å². The number of rotatable bonds is 6. The van der Waals surface area contributed by atoms with Crippen molar-refractivity contribution in [1.82, 2.24) is 0 Å². The Bertz CT molecular complexity index is 710. The van der Waals surface area contributed by atoms with E-state index in [9.17, 15) is 14.9 Å². The highest BCUT2D eigenvalue weighted by Crippen LogP contribution is 2.29. The van der Waals surface area contributed by atoms with Crippen molar-refractivity contribution in [3.63, 3.8) is 0 Å². The summed E-state index contributed by atoms with van der Waals surface area (Å²) in [4.78, 5) is 21.0. The van der Waals surface area contributed by atoms with Crippen LogP contribution in [0.4, 0.5) is 5.69 Å². The zero-order valence-electron chi connectivity index (χ0n) is 11.5. The van der Waals surface area contributed by atoms with Gasteiger partial charge in [0, 0.05) is 12.1 Å². The zero-order valence-corrected chi connectivity index (χ0v) is 11.5. The summed E-state index contributed by atoms with van der Waals surface area (Å²) in [6.45, 7) is 0.214. The maximum atomic E-state index is 11.1. The van der Waals surface area contributed by atoms with Gasteiger partial charge in [-0.15, -0.1) is 0 Å². The van der Waals surface area contributed by atoms with Crippen molar-refractivity contribution in [2.45, 2.75) is 6.61 Å². The Morgan fingerprint density at radius 2 is 1.95 bits per heavy atom. The smallest absolute Gasteiger partial charge is 0.328 e. The molecule has 0 aliphatic carbocycles. The Morgan fingerprint density at radius 3 is 2.59 bits per heavy atom. The van der Waals surface area contributed by atoms with Gasteiger partial charge >= 0.3 is 11.7 Å². The van der Waals surface area contributed by atoms with Gasteiger partial charge in [-0.05, 0) is 23.3 Å². The van der Waals surface area contributed by atoms with Crippen LogP contribution in [0.2, 0.25) is 0 Å². The van der Waals surface area contributed by atoms with Crippen molar-refractivity contribution < 1.29 is 19.6 Å². The van der Waals surface area contributed by atoms with E-state index < -0.39 is 10.9 Å². The van der Waals surface area contributed by atoms with Gasteiger partial charge in [0.15, 0.2) is 5.75 Å². The minimum atomic E-state index is -1.12. The number of nitro benzene ring substituents is 1. The molecule has 112 valence electrons. The van der Waals surface area contributed by atoms with Crippen LogP contribution in [0.25, 0.3) is 6.08 Å². The van der Waals surface area contributed by atoms with Crippen LogP contribution in [0.1, 0.15) is 11.1 Å². The van der Waals surface area contributed by atoms with Crippen molar-refractivity contribution in [3.8, 4) is 5.75 Å². The molecule has 6 nitrogen and oxygen atoms in total. The lowest BCUT2D eigenvalue weighted by Gasteiger charge is -2.07. The first-order valence-electron chi connectivity index (χ1n) is 6.42. The number of aliphatic carboxylic acids is 1. The molecular formula is C16H13NO5. The fraction of sp³-hybridized carbons (Fsp3) is 0.0625. The average Bonchev–Trinajstić information content (AvgIpc) is 2.52. The highest BCUT2D eigenvalue weighted by Gasteiger charge is 2.15. The molecule has 2 rings (SSSR count). The summed E-state index contributed by atoms with van der Waals surface area (Å²) in [5.74, 6) is -0.978. The molecule has 0 heterocycles. The number of carboxylic acids is 1. The maximum Gasteiger partial charge on any atom is 0.328 e. The van der Waals surface area contributed by atoms with Crippen LogP contribution >= 0.6 is 0 Å². The third-order valence-corrected chi connectivity index (χ3v) is 2.84. The first-order valence-corrected chi connectivity index (χ1v) is 6.42. The van der Waals surface area contributed by atoms with Gasteiger partial charge in [0.1, 0.15) is 6.61 Å². The minimum absolute atomic E-state index is 0.140. The van der Waals surface area contributed by atoms with Gasteiger partial charge in [-0.3, -0.25) is 10.1 Å². The van der Waals surface area contributed by atoms with Crippen molar-refractivity contribution in [2.24, 2.45) is 0 Å². The SMILES string of the molecule is O=C(O)C=Cc1ccc(OCc2ccccc2)c([N+](=O)[O-])c1. The fourth-order valence-electron chi connectivity index (χ4n) is 1.81. The quantitative estimate of drug-likeness (QED) is 0.502. The summed E-state index contributed by atoms with van der Waals surface area (Å²) in [6, 6.07) is 13.6. The minimum Gasteiger partial charge on any atom is -0.482 e. The van der Waals surface area contributed by atoms with Crippen LogP contribution < -0.4 is 4.74 Å². The van der Waals surface area contributed by atoms with E-state index in [1.54, 1.807) is 6.07 Å². The monoisotopic (exact) mass is 299 g/mol. The third-order valence-electron chi connectivity index (χ3n) is 2.84. The summed E-state index contributed by atoms with van der Waals surface area (Å²) < 4.78 is 5.48. The number of carboxylic acid groups (broad SMARTS) is 1. The molecule has 22 heavy (non-hydrogen) atoms. The molecule has 0 saturated heterocycles. The molecule has 0 saturated carbocycles. The van der Waals surface area contributed by atoms with E-state index in [4.69, 9.17) is 9.84 Å². The van der Waals surface area contributed by atoms with Crippen molar-refractivity contribution >= 4 is 17.7 Å². The Hall–Kier alpha value is -3.15. The fourth-order valence-corrected chi connectivity index (χ4v) is 1.81. The van der Waals surface area contributed by atoms with Crippen molar-refractivity contribution in [1.29, 1.82) is 0 Å². The second-order valence-corrected chi connectivity index (χ2v) is 4.43. The second kappa shape index (κ2) is 7.03. The number of hydrogen-bond donors (Lipinski definition) is 1. The average molecular weight is 299 g/mol. The lowest BCUT2D eigenvalue weighted by atomic mass is 10.1. The highest BCUT2D eigenvalue weighted by atomic mass is 16.6. The predicted octanol–water partition coefficient (Wildman–Crippen LogP) is 3.27. The molecule has 0 aromatic heterocycles. The zero-order chi connectivity index (χ0) is 15.9. The van der Waals surface area contributed by atoms with E-state index in [-0.39, 0.29) is 18.0 Å². The Morgan fingerprint density at radius 1 is 1.23 bits per heavy atom. The molecule has 6 heteroatoms. The van der Waals surface area contributed by atoms with E-state index >= 15 is 0 Å². The Kier molecular flexibility index (Phi) is 4.87. The van der Waals surface area contributed by atoms with Crippen LogP contribution in [0.5, 0.6) is 5.75 Å². The van der Waals surface area contributed by atoms with Crippen LogP contribution in [-0.2, 0) is 11.4 Å². The van der Waals surface area contributed by atoms with Gasteiger partial charge in [0.05, 0.1) is 4.92 Å². The summed E-state index contributed by atoms with van der Waals surface area (Å²) in [6.07, 6.45) is 2.21. The number of benzene rings is 2. The van der Waals surface area contributed by atoms with E-state index in [2.05, 4.69) is 0 Å². The van der Waals surface area contributed by atoms with Crippen molar-refractivity contribution in [3.05, 3.63) is 75.8 Å². The predicted molar refractivity (Wildman–Crippen MR) is 80.5 cm³/mol. The number of hydrogen-bond acceptors (Lipinski definition) is 4. The number of carbonyl (C=O) groups is 1. The van der Waals surface area contributed by atoms with E-state index in [1.807, 2.05) is 30.3 Å². The molecular weight excluding hydrogens is 286 g/mol. The molecule has 0 aliphatic heterocycles. The lowest BCUT2D eigenvalue weighted by Crippen LogP contribution is -1.99. The molecule has 0 fully saturated rings. The Balaban J connectivity index is 2.20. The lowest BCUT2D eigenvalue weighted by molar-refractivity contribution is -0.386. The van der Waals surface area contributed by atoms with E-state index in [0.29, 0.717) is 5.56 Å². The molecule has 0 atom stereocenters. The molecule has 1 N–H and O–H groups in total. The van der Waals surface area contributed by atoms with Gasteiger partial charge in [0.25, 0.3) is 0 Å². The molecule has 0 bridgehead atoms. The first kappa shape index (κ1) is 15.2. The van der Waals surface area contributed by atoms with Gasteiger partial charge in [-0.2, -0.15) is 0 Å². The second-order valence-electron chi connectivity index (χ2n) is 4.43. The number of nitro groups is 1. The molecule has 0 radical (unpaired) electrons. The molecule has 2 aromatic carbocycles. The standard InChI is InChI=1S/C16H13NO5/c18-16(19)9-7-12-6-8-15(14(10-12)17(20)21)22-11-13-4-2-1-3-5-13/h1-10H,11H2,(H,18,19). The molecule has 0 unspecified atom stereocenters. The third kappa shape index (κ3) is 4.17. The summed E-state index contributed by atoms with van der Waals surface area (Å²) in [5.41, 5.74) is 1.11. The number of ether oxygens (including phenoxy) is 1. The van der Waals surface area contributed by atoms with Crippen LogP contribution in [0.3, 0.4) is 0 Å². The van der Waals surface area contributed by atoms with Crippen LogP contribution in [0.15, 0.2) is 54.6 Å². The Labute approximate surface area is 126 Å². The largest absolute Gasteiger partial charge is 0.482 e. The highest BCUT2D eigenvalue weighted by molar-refractivity contribution is 5.85. The topological polar surface area (TPSA) is 89.7 Å².